The number of benzene rings is 3. The molecule has 0 unspecified atom stereocenters. The molecule has 3 aromatic rings. The van der Waals surface area contributed by atoms with Gasteiger partial charge in [-0.1, -0.05) is 24.8 Å². The number of ether oxygens (including phenoxy) is 2. The van der Waals surface area contributed by atoms with Crippen molar-refractivity contribution in [2.24, 2.45) is 5.10 Å². The normalized spacial score (nSPS) is 10.5. The number of anilines is 1. The van der Waals surface area contributed by atoms with E-state index in [1.165, 1.54) is 18.3 Å². The van der Waals surface area contributed by atoms with Gasteiger partial charge in [0.2, 0.25) is 0 Å². The Balaban J connectivity index is 1.43. The van der Waals surface area contributed by atoms with Crippen LogP contribution in [0.2, 0.25) is 0 Å². The number of halogens is 1. The number of nitrogens with one attached hydrogen (secondary N) is 2. The maximum atomic E-state index is 12.9. The summed E-state index contributed by atoms with van der Waals surface area (Å²) < 4.78 is 23.9. The third kappa shape index (κ3) is 7.62. The second-order valence-electron chi connectivity index (χ2n) is 6.76. The van der Waals surface area contributed by atoms with Gasteiger partial charge in [0, 0.05) is 5.69 Å². The first-order valence-corrected chi connectivity index (χ1v) is 9.99. The molecule has 0 aliphatic carbocycles. The first kappa shape index (κ1) is 23.2. The van der Waals surface area contributed by atoms with Crippen LogP contribution in [0.3, 0.4) is 0 Å². The summed E-state index contributed by atoms with van der Waals surface area (Å²) in [7, 11) is 0. The summed E-state index contributed by atoms with van der Waals surface area (Å²) >= 11 is 0. The van der Waals surface area contributed by atoms with E-state index in [0.29, 0.717) is 36.0 Å². The molecule has 168 valence electrons. The minimum atomic E-state index is -0.905. The molecule has 33 heavy (non-hydrogen) atoms. The molecule has 3 rings (SSSR count). The van der Waals surface area contributed by atoms with Gasteiger partial charge in [-0.05, 0) is 71.8 Å². The van der Waals surface area contributed by atoms with Crippen LogP contribution in [0.25, 0.3) is 0 Å². The predicted molar refractivity (Wildman–Crippen MR) is 124 cm³/mol. The van der Waals surface area contributed by atoms with Gasteiger partial charge in [-0.15, -0.1) is 0 Å². The fraction of sp³-hybridized carbons (Fsp3) is 0.0800. The van der Waals surface area contributed by atoms with E-state index in [1.54, 1.807) is 66.7 Å². The number of hydrogen-bond acceptors (Lipinski definition) is 5. The van der Waals surface area contributed by atoms with Crippen LogP contribution in [0.15, 0.2) is 90.6 Å². The highest BCUT2D eigenvalue weighted by atomic mass is 19.1. The van der Waals surface area contributed by atoms with Crippen molar-refractivity contribution >= 4 is 23.7 Å². The molecule has 2 amide bonds. The van der Waals surface area contributed by atoms with Crippen LogP contribution in [0.4, 0.5) is 10.1 Å². The molecule has 0 bridgehead atoms. The van der Waals surface area contributed by atoms with Crippen molar-refractivity contribution in [2.45, 2.75) is 6.61 Å². The van der Waals surface area contributed by atoms with Crippen molar-refractivity contribution in [2.75, 3.05) is 11.9 Å². The molecule has 0 aromatic heterocycles. The summed E-state index contributed by atoms with van der Waals surface area (Å²) in [6.07, 6.45) is 3.03. The zero-order valence-corrected chi connectivity index (χ0v) is 17.7. The third-order valence-corrected chi connectivity index (χ3v) is 4.26. The standard InChI is InChI=1S/C25H22FN3O4/c1-2-15-32-22-13-9-21(10-14-22)28-24(30)25(31)29-27-16-18-5-11-23(12-6-18)33-17-19-3-7-20(26)8-4-19/h2-14,16H,1,15,17H2,(H,28,30)(H,29,31)/b27-16-. The number of carbonyl (C=O) groups excluding carboxylic acids is 2. The molecular weight excluding hydrogens is 425 g/mol. The number of nitrogens with zero attached hydrogens (tertiary/aromatic N) is 1. The maximum Gasteiger partial charge on any atom is 0.329 e. The Labute approximate surface area is 190 Å². The van der Waals surface area contributed by atoms with E-state index in [9.17, 15) is 14.0 Å². The predicted octanol–water partition coefficient (Wildman–Crippen LogP) is 4.06. The lowest BCUT2D eigenvalue weighted by Crippen LogP contribution is -2.32. The van der Waals surface area contributed by atoms with Gasteiger partial charge < -0.3 is 14.8 Å². The zero-order valence-electron chi connectivity index (χ0n) is 17.7. The van der Waals surface area contributed by atoms with E-state index in [2.05, 4.69) is 22.4 Å². The molecule has 0 saturated carbocycles. The van der Waals surface area contributed by atoms with E-state index < -0.39 is 11.8 Å². The third-order valence-electron chi connectivity index (χ3n) is 4.26. The molecule has 0 spiro atoms. The number of hydrogen-bond donors (Lipinski definition) is 2. The topological polar surface area (TPSA) is 89.0 Å². The number of carbonyl (C=O) groups is 2. The summed E-state index contributed by atoms with van der Waals surface area (Å²) in [5, 5.41) is 6.27. The van der Waals surface area contributed by atoms with Gasteiger partial charge >= 0.3 is 11.8 Å². The Bertz CT molecular complexity index is 1110. The van der Waals surface area contributed by atoms with Crippen LogP contribution in [0, 0.1) is 5.82 Å². The van der Waals surface area contributed by atoms with Gasteiger partial charge in [-0.3, -0.25) is 9.59 Å². The Morgan fingerprint density at radius 3 is 2.18 bits per heavy atom. The van der Waals surface area contributed by atoms with Crippen molar-refractivity contribution < 1.29 is 23.5 Å². The highest BCUT2D eigenvalue weighted by Gasteiger charge is 2.12. The molecule has 0 atom stereocenters. The molecule has 2 N–H and O–H groups in total. The largest absolute Gasteiger partial charge is 0.490 e. The van der Waals surface area contributed by atoms with Gasteiger partial charge in [-0.25, -0.2) is 9.82 Å². The second kappa shape index (κ2) is 11.8. The first-order valence-electron chi connectivity index (χ1n) is 9.99. The molecular formula is C25H22FN3O4. The summed E-state index contributed by atoms with van der Waals surface area (Å²) in [6, 6.07) is 19.6. The molecule has 3 aromatic carbocycles. The Hall–Kier alpha value is -4.46. The van der Waals surface area contributed by atoms with Crippen LogP contribution in [-0.2, 0) is 16.2 Å². The van der Waals surface area contributed by atoms with Crippen molar-refractivity contribution in [1.82, 2.24) is 5.43 Å². The minimum Gasteiger partial charge on any atom is -0.490 e. The smallest absolute Gasteiger partial charge is 0.329 e. The lowest BCUT2D eigenvalue weighted by atomic mass is 10.2. The van der Waals surface area contributed by atoms with Gasteiger partial charge in [-0.2, -0.15) is 5.10 Å². The average molecular weight is 447 g/mol. The van der Waals surface area contributed by atoms with Crippen molar-refractivity contribution in [1.29, 1.82) is 0 Å². The van der Waals surface area contributed by atoms with E-state index >= 15 is 0 Å². The van der Waals surface area contributed by atoms with Gasteiger partial charge in [0.25, 0.3) is 0 Å². The molecule has 0 saturated heterocycles. The van der Waals surface area contributed by atoms with Gasteiger partial charge in [0.1, 0.15) is 30.5 Å². The second-order valence-corrected chi connectivity index (χ2v) is 6.76. The van der Waals surface area contributed by atoms with Crippen molar-refractivity contribution in [3.8, 4) is 11.5 Å². The molecule has 7 nitrogen and oxygen atoms in total. The van der Waals surface area contributed by atoms with E-state index in [1.807, 2.05) is 0 Å². The first-order chi connectivity index (χ1) is 16.0. The molecule has 8 heteroatoms. The van der Waals surface area contributed by atoms with Crippen LogP contribution in [0.5, 0.6) is 11.5 Å². The fourth-order valence-electron chi connectivity index (χ4n) is 2.59. The average Bonchev–Trinajstić information content (AvgIpc) is 2.84. The molecule has 0 radical (unpaired) electrons. The van der Waals surface area contributed by atoms with E-state index in [0.717, 1.165) is 5.56 Å². The minimum absolute atomic E-state index is 0.296. The number of amides is 2. The van der Waals surface area contributed by atoms with E-state index in [-0.39, 0.29) is 5.82 Å². The fourth-order valence-corrected chi connectivity index (χ4v) is 2.59. The highest BCUT2D eigenvalue weighted by Crippen LogP contribution is 2.16. The number of hydrazone groups is 1. The lowest BCUT2D eigenvalue weighted by molar-refractivity contribution is -0.136. The van der Waals surface area contributed by atoms with Crippen LogP contribution >= 0.6 is 0 Å². The van der Waals surface area contributed by atoms with Crippen molar-refractivity contribution in [3.63, 3.8) is 0 Å². The SMILES string of the molecule is C=CCOc1ccc(NC(=O)C(=O)N/N=C\c2ccc(OCc3ccc(F)cc3)cc2)cc1. The molecule has 0 aliphatic rings. The van der Waals surface area contributed by atoms with Crippen LogP contribution < -0.4 is 20.2 Å². The summed E-state index contributed by atoms with van der Waals surface area (Å²) in [4.78, 5) is 23.9. The summed E-state index contributed by atoms with van der Waals surface area (Å²) in [5.41, 5.74) is 4.16. The monoisotopic (exact) mass is 447 g/mol. The van der Waals surface area contributed by atoms with Gasteiger partial charge in [0.05, 0.1) is 6.21 Å². The highest BCUT2D eigenvalue weighted by molar-refractivity contribution is 6.39. The zero-order chi connectivity index (χ0) is 23.5. The van der Waals surface area contributed by atoms with E-state index in [4.69, 9.17) is 9.47 Å². The maximum absolute atomic E-state index is 12.9. The van der Waals surface area contributed by atoms with Crippen LogP contribution in [-0.4, -0.2) is 24.6 Å². The Kier molecular flexibility index (Phi) is 8.30. The Morgan fingerprint density at radius 2 is 1.52 bits per heavy atom. The van der Waals surface area contributed by atoms with Crippen LogP contribution in [0.1, 0.15) is 11.1 Å². The molecule has 0 fully saturated rings. The number of rotatable bonds is 9. The van der Waals surface area contributed by atoms with Crippen molar-refractivity contribution in [3.05, 3.63) is 102 Å². The lowest BCUT2D eigenvalue weighted by Gasteiger charge is -2.07. The van der Waals surface area contributed by atoms with Gasteiger partial charge in [0.15, 0.2) is 0 Å². The summed E-state index contributed by atoms with van der Waals surface area (Å²) in [6.45, 7) is 4.25. The quantitative estimate of drug-likeness (QED) is 0.224. The summed E-state index contributed by atoms with van der Waals surface area (Å²) in [5.74, 6) is -0.806. The molecule has 0 aliphatic heterocycles. The molecule has 0 heterocycles. The Morgan fingerprint density at radius 1 is 0.879 bits per heavy atom.